The molecule has 0 radical (unpaired) electrons. The Kier molecular flexibility index (Phi) is 4.29. The summed E-state index contributed by atoms with van der Waals surface area (Å²) in [6, 6.07) is 5.50. The summed E-state index contributed by atoms with van der Waals surface area (Å²) in [6.45, 7) is 0.686. The third kappa shape index (κ3) is 3.13. The van der Waals surface area contributed by atoms with Gasteiger partial charge in [0.1, 0.15) is 5.52 Å². The molecule has 1 saturated carbocycles. The normalized spacial score (nSPS) is 20.9. The van der Waals surface area contributed by atoms with Crippen LogP contribution in [0, 0.1) is 0 Å². The number of sulfone groups is 1. The maximum atomic E-state index is 12.7. The van der Waals surface area contributed by atoms with E-state index in [1.54, 1.807) is 28.0 Å². The van der Waals surface area contributed by atoms with Gasteiger partial charge in [0, 0.05) is 38.9 Å². The van der Waals surface area contributed by atoms with Gasteiger partial charge in [-0.2, -0.15) is 4.98 Å². The Hall–Kier alpha value is -2.29. The topological polar surface area (TPSA) is 95.8 Å². The van der Waals surface area contributed by atoms with Crippen molar-refractivity contribution in [3.8, 4) is 0 Å². The summed E-state index contributed by atoms with van der Waals surface area (Å²) in [5.74, 6) is 0.0355. The number of nitrogens with zero attached hydrogens (tertiary/aromatic N) is 3. The number of rotatable bonds is 2. The zero-order valence-corrected chi connectivity index (χ0v) is 16.4. The summed E-state index contributed by atoms with van der Waals surface area (Å²) in [7, 11) is 0.540. The fraction of sp³-hybridized carbons (Fsp3) is 0.556. The van der Waals surface area contributed by atoms with E-state index in [0.29, 0.717) is 35.8 Å². The maximum Gasteiger partial charge on any atom is 0.321 e. The van der Waals surface area contributed by atoms with Crippen LogP contribution in [-0.2, 0) is 9.84 Å². The second-order valence-corrected chi connectivity index (χ2v) is 10.1. The van der Waals surface area contributed by atoms with Gasteiger partial charge in [-0.3, -0.25) is 0 Å². The first kappa shape index (κ1) is 18.1. The first-order chi connectivity index (χ1) is 12.8. The predicted molar refractivity (Wildman–Crippen MR) is 104 cm³/mol. The van der Waals surface area contributed by atoms with Gasteiger partial charge in [-0.1, -0.05) is 6.42 Å². The van der Waals surface area contributed by atoms with Crippen molar-refractivity contribution in [1.29, 1.82) is 0 Å². The number of hydrogen-bond donors (Lipinski definition) is 1. The largest absolute Gasteiger partial charge is 0.423 e. The number of oxazole rings is 1. The van der Waals surface area contributed by atoms with Crippen LogP contribution in [0.2, 0.25) is 0 Å². The van der Waals surface area contributed by atoms with Crippen molar-refractivity contribution in [2.24, 2.45) is 0 Å². The monoisotopic (exact) mass is 392 g/mol. The Bertz CT molecular complexity index is 978. The molecule has 8 nitrogen and oxygen atoms in total. The molecule has 0 bridgehead atoms. The molecule has 4 rings (SSSR count). The summed E-state index contributed by atoms with van der Waals surface area (Å²) in [5.41, 5.74) is 1.90. The number of benzene rings is 1. The summed E-state index contributed by atoms with van der Waals surface area (Å²) < 4.78 is 30.2. The summed E-state index contributed by atoms with van der Waals surface area (Å²) >= 11 is 0. The third-order valence-electron chi connectivity index (χ3n) is 5.69. The first-order valence-electron chi connectivity index (χ1n) is 9.16. The Balaban J connectivity index is 1.48. The van der Waals surface area contributed by atoms with Crippen LogP contribution in [0.5, 0.6) is 0 Å². The van der Waals surface area contributed by atoms with Gasteiger partial charge in [-0.15, -0.1) is 0 Å². The fourth-order valence-corrected chi connectivity index (χ4v) is 5.98. The van der Waals surface area contributed by atoms with E-state index in [2.05, 4.69) is 10.3 Å². The van der Waals surface area contributed by atoms with Gasteiger partial charge in [0.05, 0.1) is 10.5 Å². The fourth-order valence-electron chi connectivity index (χ4n) is 3.77. The van der Waals surface area contributed by atoms with Crippen LogP contribution in [0.15, 0.2) is 22.6 Å². The molecule has 2 heterocycles. The number of aromatic nitrogens is 1. The molecule has 1 spiro atoms. The number of amides is 2. The number of urea groups is 1. The van der Waals surface area contributed by atoms with Gasteiger partial charge >= 0.3 is 6.03 Å². The summed E-state index contributed by atoms with van der Waals surface area (Å²) in [6.07, 6.45) is 2.93. The van der Waals surface area contributed by atoms with Crippen LogP contribution in [0.25, 0.3) is 11.1 Å². The van der Waals surface area contributed by atoms with E-state index in [0.717, 1.165) is 19.3 Å². The van der Waals surface area contributed by atoms with E-state index in [1.807, 2.05) is 14.1 Å². The second kappa shape index (κ2) is 6.40. The molecule has 2 fully saturated rings. The molecular formula is C18H24N4O4S. The van der Waals surface area contributed by atoms with Crippen LogP contribution in [0.3, 0.4) is 0 Å². The van der Waals surface area contributed by atoms with Crippen molar-refractivity contribution in [2.75, 3.05) is 43.2 Å². The van der Waals surface area contributed by atoms with Crippen LogP contribution < -0.4 is 10.2 Å². The van der Waals surface area contributed by atoms with E-state index in [1.165, 1.54) is 0 Å². The van der Waals surface area contributed by atoms with E-state index in [9.17, 15) is 13.2 Å². The lowest BCUT2D eigenvalue weighted by Gasteiger charge is -2.39. The lowest BCUT2D eigenvalue weighted by atomic mass is 9.81. The summed E-state index contributed by atoms with van der Waals surface area (Å²) in [5, 5.41) is 2.85. The average molecular weight is 392 g/mol. The Morgan fingerprint density at radius 2 is 2.04 bits per heavy atom. The SMILES string of the molecule is CN(C)c1nc2ccc(NC(=O)N3CCC4(CCC4)S(=O)(=O)CC3)cc2o1. The molecule has 1 N–H and O–H groups in total. The highest BCUT2D eigenvalue weighted by Crippen LogP contribution is 2.43. The molecule has 1 saturated heterocycles. The van der Waals surface area contributed by atoms with Crippen molar-refractivity contribution in [2.45, 2.75) is 30.4 Å². The molecule has 2 amide bonds. The molecule has 1 aromatic heterocycles. The molecule has 9 heteroatoms. The standard InChI is InChI=1S/C18H24N4O4S/c1-21(2)17-20-14-5-4-13(12-15(14)26-17)19-16(23)22-9-8-18(6-3-7-18)27(24,25)11-10-22/h4-5,12H,3,6-11H2,1-2H3,(H,19,23). The predicted octanol–water partition coefficient (Wildman–Crippen LogP) is 2.47. The quantitative estimate of drug-likeness (QED) is 0.843. The molecule has 2 aromatic rings. The zero-order chi connectivity index (χ0) is 19.2. The number of carbonyl (C=O) groups is 1. The van der Waals surface area contributed by atoms with E-state index in [4.69, 9.17) is 4.42 Å². The molecule has 1 aliphatic heterocycles. The first-order valence-corrected chi connectivity index (χ1v) is 10.8. The van der Waals surface area contributed by atoms with Gasteiger partial charge in [-0.05, 0) is 31.4 Å². The second-order valence-electron chi connectivity index (χ2n) is 7.60. The highest BCUT2D eigenvalue weighted by atomic mass is 32.2. The maximum absolute atomic E-state index is 12.7. The van der Waals surface area contributed by atoms with Gasteiger partial charge < -0.3 is 19.5 Å². The summed E-state index contributed by atoms with van der Waals surface area (Å²) in [4.78, 5) is 20.4. The van der Waals surface area contributed by atoms with Crippen LogP contribution in [-0.4, -0.2) is 62.0 Å². The van der Waals surface area contributed by atoms with Gasteiger partial charge in [-0.25, -0.2) is 13.2 Å². The molecule has 27 heavy (non-hydrogen) atoms. The van der Waals surface area contributed by atoms with Crippen LogP contribution >= 0.6 is 0 Å². The van der Waals surface area contributed by atoms with E-state index in [-0.39, 0.29) is 18.3 Å². The average Bonchev–Trinajstić information content (AvgIpc) is 2.93. The highest BCUT2D eigenvalue weighted by Gasteiger charge is 2.49. The van der Waals surface area contributed by atoms with Crippen molar-refractivity contribution in [3.63, 3.8) is 0 Å². The molecule has 0 atom stereocenters. The minimum absolute atomic E-state index is 0.0355. The lowest BCUT2D eigenvalue weighted by Crippen LogP contribution is -2.46. The number of anilines is 2. The number of fused-ring (bicyclic) bond motifs is 1. The van der Waals surface area contributed by atoms with Crippen molar-refractivity contribution < 1.29 is 17.6 Å². The van der Waals surface area contributed by atoms with Crippen molar-refractivity contribution >= 4 is 38.7 Å². The molecule has 2 aliphatic rings. The Labute approximate surface area is 158 Å². The Morgan fingerprint density at radius 1 is 1.26 bits per heavy atom. The molecular weight excluding hydrogens is 368 g/mol. The third-order valence-corrected chi connectivity index (χ3v) is 8.34. The van der Waals surface area contributed by atoms with Gasteiger partial charge in [0.2, 0.25) is 0 Å². The van der Waals surface area contributed by atoms with E-state index < -0.39 is 14.6 Å². The lowest BCUT2D eigenvalue weighted by molar-refractivity contribution is 0.209. The van der Waals surface area contributed by atoms with Crippen molar-refractivity contribution in [3.05, 3.63) is 18.2 Å². The molecule has 146 valence electrons. The smallest absolute Gasteiger partial charge is 0.321 e. The van der Waals surface area contributed by atoms with Gasteiger partial charge in [0.15, 0.2) is 15.4 Å². The molecule has 1 aromatic carbocycles. The molecule has 1 aliphatic carbocycles. The van der Waals surface area contributed by atoms with Crippen LogP contribution in [0.4, 0.5) is 16.5 Å². The van der Waals surface area contributed by atoms with Crippen molar-refractivity contribution in [1.82, 2.24) is 9.88 Å². The minimum atomic E-state index is -3.15. The molecule has 0 unspecified atom stereocenters. The number of hydrogen-bond acceptors (Lipinski definition) is 6. The zero-order valence-electron chi connectivity index (χ0n) is 15.6. The van der Waals surface area contributed by atoms with E-state index >= 15 is 0 Å². The number of nitrogens with one attached hydrogen (secondary N) is 1. The minimum Gasteiger partial charge on any atom is -0.423 e. The van der Waals surface area contributed by atoms with Crippen LogP contribution in [0.1, 0.15) is 25.7 Å². The van der Waals surface area contributed by atoms with Gasteiger partial charge in [0.25, 0.3) is 6.01 Å². The Morgan fingerprint density at radius 3 is 2.70 bits per heavy atom. The highest BCUT2D eigenvalue weighted by molar-refractivity contribution is 7.92. The number of carbonyl (C=O) groups excluding carboxylic acids is 1.